The lowest BCUT2D eigenvalue weighted by Gasteiger charge is -2.08. The molecule has 33 heavy (non-hydrogen) atoms. The molecule has 1 amide bonds. The molecule has 0 aliphatic heterocycles. The lowest BCUT2D eigenvalue weighted by Crippen LogP contribution is -2.36. The molecule has 0 unspecified atom stereocenters. The van der Waals surface area contributed by atoms with Crippen LogP contribution in [0.15, 0.2) is 36.7 Å². The Balaban J connectivity index is 1.62. The van der Waals surface area contributed by atoms with Crippen molar-refractivity contribution in [1.82, 2.24) is 5.32 Å². The Labute approximate surface area is 201 Å². The van der Waals surface area contributed by atoms with Crippen LogP contribution in [0.25, 0.3) is 11.4 Å². The van der Waals surface area contributed by atoms with Crippen molar-refractivity contribution in [3.63, 3.8) is 0 Å². The number of hydrogen-bond acceptors (Lipinski definition) is 3. The highest BCUT2D eigenvalue weighted by atomic mass is 35.5. The molecule has 8 heteroatoms. The Morgan fingerprint density at radius 2 is 1.76 bits per heavy atom. The van der Waals surface area contributed by atoms with Gasteiger partial charge in [0.1, 0.15) is 7.05 Å². The van der Waals surface area contributed by atoms with Gasteiger partial charge in [-0.1, -0.05) is 12.8 Å². The third-order valence-corrected chi connectivity index (χ3v) is 5.56. The molecule has 0 aromatic carbocycles. The first-order valence-electron chi connectivity index (χ1n) is 11.7. The minimum absolute atomic E-state index is 0.0299. The number of alkyl halides is 1. The van der Waals surface area contributed by atoms with Crippen molar-refractivity contribution in [2.45, 2.75) is 45.4 Å². The fraction of sp³-hybridized carbons (Fsp3) is 0.560. The molecule has 6 nitrogen and oxygen atoms in total. The van der Waals surface area contributed by atoms with Crippen LogP contribution in [0.3, 0.4) is 0 Å². The Bertz CT molecular complexity index is 867. The van der Waals surface area contributed by atoms with Crippen molar-refractivity contribution in [3.05, 3.63) is 47.8 Å². The van der Waals surface area contributed by atoms with E-state index < -0.39 is 0 Å². The number of aryl methyl sites for hydroxylation is 3. The maximum atomic E-state index is 14.2. The first-order valence-corrected chi connectivity index (χ1v) is 12.2. The zero-order valence-electron chi connectivity index (χ0n) is 19.8. The quantitative estimate of drug-likeness (QED) is 0.227. The minimum atomic E-state index is -0.0299. The minimum Gasteiger partial charge on any atom is -0.379 e. The Morgan fingerprint density at radius 3 is 2.55 bits per heavy atom. The van der Waals surface area contributed by atoms with Gasteiger partial charge in [0.15, 0.2) is 6.20 Å². The number of nitrogens with one attached hydrogen (secondary N) is 1. The van der Waals surface area contributed by atoms with Gasteiger partial charge in [-0.3, -0.25) is 4.79 Å². The highest BCUT2D eigenvalue weighted by molar-refractivity contribution is 6.17. The van der Waals surface area contributed by atoms with Crippen molar-refractivity contribution < 1.29 is 28.1 Å². The van der Waals surface area contributed by atoms with Gasteiger partial charge in [0.05, 0.1) is 24.3 Å². The van der Waals surface area contributed by atoms with E-state index in [-0.39, 0.29) is 5.91 Å². The van der Waals surface area contributed by atoms with Crippen molar-refractivity contribution in [2.24, 2.45) is 7.05 Å². The highest BCUT2D eigenvalue weighted by Gasteiger charge is 2.23. The Kier molecular flexibility index (Phi) is 12.9. The summed E-state index contributed by atoms with van der Waals surface area (Å²) in [5.74, 6) is 0.698. The van der Waals surface area contributed by atoms with Crippen molar-refractivity contribution in [1.29, 1.82) is 0 Å². The fourth-order valence-corrected chi connectivity index (χ4v) is 3.57. The molecule has 0 bridgehead atoms. The smallest absolute Gasteiger partial charge is 0.324 e. The highest BCUT2D eigenvalue weighted by Crippen LogP contribution is 2.15. The second-order valence-electron chi connectivity index (χ2n) is 8.11. The number of carbonyl (C=O) groups excluding carboxylic acids is 1. The summed E-state index contributed by atoms with van der Waals surface area (Å²) in [6.45, 7) is 4.69. The van der Waals surface area contributed by atoms with Crippen molar-refractivity contribution >= 4 is 17.5 Å². The van der Waals surface area contributed by atoms with E-state index in [9.17, 15) is 9.28 Å². The van der Waals surface area contributed by atoms with Crippen LogP contribution >= 0.6 is 11.6 Å². The van der Waals surface area contributed by atoms with Gasteiger partial charge in [-0.15, -0.1) is 11.6 Å². The zero-order valence-corrected chi connectivity index (χ0v) is 20.6. The lowest BCUT2D eigenvalue weighted by atomic mass is 10.1. The zero-order chi connectivity index (χ0) is 23.9. The third kappa shape index (κ3) is 10.6. The average molecular weight is 482 g/mol. The van der Waals surface area contributed by atoms with Crippen LogP contribution in [-0.2, 0) is 27.7 Å². The van der Waals surface area contributed by atoms with Gasteiger partial charge < -0.3 is 14.8 Å². The Hall–Kier alpha value is -2.09. The molecule has 1 N–H and O–H groups in total. The third-order valence-electron chi connectivity index (χ3n) is 5.29. The van der Waals surface area contributed by atoms with Gasteiger partial charge in [-0.2, -0.15) is 4.57 Å². The molecular formula is C25H37ClFN3O3+2. The topological polar surface area (TPSA) is 55.3 Å². The van der Waals surface area contributed by atoms with E-state index in [4.69, 9.17) is 21.1 Å². The number of amides is 1. The van der Waals surface area contributed by atoms with Crippen LogP contribution in [-0.4, -0.2) is 44.8 Å². The summed E-state index contributed by atoms with van der Waals surface area (Å²) >= 11 is 5.64. The van der Waals surface area contributed by atoms with Gasteiger partial charge in [0.2, 0.25) is 12.1 Å². The van der Waals surface area contributed by atoms with Gasteiger partial charge >= 0.3 is 5.69 Å². The molecule has 2 heterocycles. The standard InChI is InChI=1S/C25H36ClFN3O3/c1-21-9-14-30(27)24(19-21)23-20-22(10-13-29(23)2)7-8-25(31)28-12-16-33-18-17-32-15-6-4-3-5-11-26/h9-10,13-14,19-20H,3-8,11-12,15-18H2,1-2H3/q+1/p+1. The SMILES string of the molecule is Cc1cc[n+](F)c(-c2cc(CCC(=O)NCCOCCOCCCCCCCl)cc[n+]2C)c1. The lowest BCUT2D eigenvalue weighted by molar-refractivity contribution is -0.838. The second-order valence-corrected chi connectivity index (χ2v) is 8.49. The molecule has 2 rings (SSSR count). The van der Waals surface area contributed by atoms with E-state index in [0.717, 1.165) is 55.0 Å². The van der Waals surface area contributed by atoms with Gasteiger partial charge in [0.25, 0.3) is 5.69 Å². The normalized spacial score (nSPS) is 11.0. The largest absolute Gasteiger partial charge is 0.379 e. The number of halogens is 2. The maximum Gasteiger partial charge on any atom is 0.324 e. The van der Waals surface area contributed by atoms with E-state index in [2.05, 4.69) is 5.32 Å². The number of unbranched alkanes of at least 4 members (excludes halogenated alkanes) is 3. The molecule has 2 aromatic rings. The molecule has 0 aliphatic carbocycles. The van der Waals surface area contributed by atoms with Crippen LogP contribution in [0.4, 0.5) is 4.48 Å². The molecule has 182 valence electrons. The monoisotopic (exact) mass is 481 g/mol. The van der Waals surface area contributed by atoms with Crippen molar-refractivity contribution in [3.8, 4) is 11.4 Å². The number of hydrogen-bond donors (Lipinski definition) is 1. The van der Waals surface area contributed by atoms with Crippen molar-refractivity contribution in [2.75, 3.05) is 38.9 Å². The van der Waals surface area contributed by atoms with E-state index in [1.807, 2.05) is 36.9 Å². The van der Waals surface area contributed by atoms with Gasteiger partial charge in [0, 0.05) is 54.5 Å². The second kappa shape index (κ2) is 15.7. The predicted molar refractivity (Wildman–Crippen MR) is 127 cm³/mol. The summed E-state index contributed by atoms with van der Waals surface area (Å²) in [7, 11) is 1.88. The molecule has 0 saturated carbocycles. The van der Waals surface area contributed by atoms with Gasteiger partial charge in [-0.05, 0) is 37.3 Å². The molecule has 0 radical (unpaired) electrons. The molecule has 2 aromatic heterocycles. The number of carbonyl (C=O) groups is 1. The maximum absolute atomic E-state index is 14.2. The molecular weight excluding hydrogens is 445 g/mol. The summed E-state index contributed by atoms with van der Waals surface area (Å²) in [5, 5.41) is 2.87. The van der Waals surface area contributed by atoms with Crippen LogP contribution in [0, 0.1) is 6.92 Å². The molecule has 0 saturated heterocycles. The fourth-order valence-electron chi connectivity index (χ4n) is 3.38. The number of rotatable bonds is 16. The first-order chi connectivity index (χ1) is 16.0. The van der Waals surface area contributed by atoms with Crippen LogP contribution < -0.4 is 14.7 Å². The molecule has 0 aliphatic rings. The van der Waals surface area contributed by atoms with E-state index >= 15 is 0 Å². The number of nitrogens with zero attached hydrogens (tertiary/aromatic N) is 2. The van der Waals surface area contributed by atoms with Crippen LogP contribution in [0.2, 0.25) is 0 Å². The predicted octanol–water partition coefficient (Wildman–Crippen LogP) is 3.39. The molecule has 0 spiro atoms. The van der Waals surface area contributed by atoms with E-state index in [0.29, 0.717) is 49.7 Å². The summed E-state index contributed by atoms with van der Waals surface area (Å²) in [6.07, 6.45) is 8.65. The molecule has 0 atom stereocenters. The van der Waals surface area contributed by atoms with Gasteiger partial charge in [-0.25, -0.2) is 0 Å². The average Bonchev–Trinajstić information content (AvgIpc) is 2.81. The Morgan fingerprint density at radius 1 is 1.00 bits per heavy atom. The number of aromatic nitrogens is 2. The number of pyridine rings is 2. The first kappa shape index (κ1) is 27.2. The molecule has 0 fully saturated rings. The van der Waals surface area contributed by atoms with E-state index in [1.54, 1.807) is 12.1 Å². The summed E-state index contributed by atoms with van der Waals surface area (Å²) < 4.78 is 27.1. The summed E-state index contributed by atoms with van der Waals surface area (Å²) in [4.78, 5) is 12.8. The van der Waals surface area contributed by atoms with Crippen LogP contribution in [0.1, 0.15) is 43.2 Å². The summed E-state index contributed by atoms with van der Waals surface area (Å²) in [5.41, 5.74) is 3.20. The van der Waals surface area contributed by atoms with E-state index in [1.165, 1.54) is 6.20 Å². The summed E-state index contributed by atoms with van der Waals surface area (Å²) in [6, 6.07) is 7.41. The van der Waals surface area contributed by atoms with Crippen LogP contribution in [0.5, 0.6) is 0 Å². The number of ether oxygens (including phenoxy) is 2.